The van der Waals surface area contributed by atoms with Crippen molar-refractivity contribution in [2.24, 2.45) is 0 Å². The van der Waals surface area contributed by atoms with Crippen molar-refractivity contribution in [3.05, 3.63) is 0 Å². The monoisotopic (exact) mass is 580 g/mol. The Bertz CT molecular complexity index is 581. The maximum absolute atomic E-state index is 12.1. The quantitative estimate of drug-likeness (QED) is 0.0867. The van der Waals surface area contributed by atoms with E-state index in [0.29, 0.717) is 25.5 Å². The largest absolute Gasteiger partial charge is 0.378 e. The molecule has 242 valence electrons. The van der Waals surface area contributed by atoms with Gasteiger partial charge in [-0.2, -0.15) is 0 Å². The van der Waals surface area contributed by atoms with Gasteiger partial charge in [-0.25, -0.2) is 4.79 Å². The average Bonchev–Trinajstić information content (AvgIpc) is 2.99. The van der Waals surface area contributed by atoms with Gasteiger partial charge in [0, 0.05) is 32.6 Å². The Hall–Kier alpha value is -1.30. The number of amides is 3. The van der Waals surface area contributed by atoms with Gasteiger partial charge in [0.2, 0.25) is 5.91 Å². The van der Waals surface area contributed by atoms with E-state index in [0.717, 1.165) is 51.9 Å². The molecule has 6 heteroatoms. The van der Waals surface area contributed by atoms with Crippen LogP contribution in [0, 0.1) is 0 Å². The second kappa shape index (κ2) is 30.2. The fourth-order valence-corrected chi connectivity index (χ4v) is 5.75. The molecule has 0 spiro atoms. The molecule has 1 heterocycles. The van der Waals surface area contributed by atoms with Gasteiger partial charge >= 0.3 is 6.03 Å². The molecule has 0 aromatic carbocycles. The van der Waals surface area contributed by atoms with E-state index in [4.69, 9.17) is 4.74 Å². The summed E-state index contributed by atoms with van der Waals surface area (Å²) in [6.45, 7) is 6.77. The Labute approximate surface area is 254 Å². The second-order valence-electron chi connectivity index (χ2n) is 12.4. The van der Waals surface area contributed by atoms with Crippen LogP contribution in [0.1, 0.15) is 174 Å². The van der Waals surface area contributed by atoms with Gasteiger partial charge in [-0.3, -0.25) is 4.79 Å². The third kappa shape index (κ3) is 26.1. The van der Waals surface area contributed by atoms with Crippen molar-refractivity contribution < 1.29 is 14.3 Å². The molecule has 0 bridgehead atoms. The topological polar surface area (TPSA) is 70.7 Å². The Kier molecular flexibility index (Phi) is 27.8. The van der Waals surface area contributed by atoms with Crippen LogP contribution < -0.4 is 10.6 Å². The zero-order valence-corrected chi connectivity index (χ0v) is 27.3. The van der Waals surface area contributed by atoms with Crippen LogP contribution in [0.5, 0.6) is 0 Å². The predicted octanol–water partition coefficient (Wildman–Crippen LogP) is 9.31. The Morgan fingerprint density at radius 3 is 1.24 bits per heavy atom. The first-order chi connectivity index (χ1) is 20.2. The van der Waals surface area contributed by atoms with E-state index in [2.05, 4.69) is 17.6 Å². The van der Waals surface area contributed by atoms with Gasteiger partial charge in [-0.05, 0) is 19.3 Å². The van der Waals surface area contributed by atoms with Crippen LogP contribution in [0.15, 0.2) is 0 Å². The first-order valence-corrected chi connectivity index (χ1v) is 18.1. The van der Waals surface area contributed by atoms with Crippen molar-refractivity contribution in [1.82, 2.24) is 15.5 Å². The molecule has 1 fully saturated rings. The van der Waals surface area contributed by atoms with Crippen LogP contribution >= 0.6 is 0 Å². The van der Waals surface area contributed by atoms with Crippen molar-refractivity contribution in [3.8, 4) is 0 Å². The zero-order valence-electron chi connectivity index (χ0n) is 27.3. The van der Waals surface area contributed by atoms with E-state index in [9.17, 15) is 9.59 Å². The highest BCUT2D eigenvalue weighted by molar-refractivity contribution is 5.76. The number of unbranched alkanes of at least 4 members (excludes halogenated alkanes) is 23. The summed E-state index contributed by atoms with van der Waals surface area (Å²) in [6, 6.07) is -0.00180. The molecule has 0 aliphatic carbocycles. The molecule has 0 aromatic heterocycles. The molecule has 1 saturated heterocycles. The fraction of sp³-hybridized carbons (Fsp3) is 0.943. The molecule has 0 radical (unpaired) electrons. The van der Waals surface area contributed by atoms with E-state index in [1.165, 1.54) is 135 Å². The highest BCUT2D eigenvalue weighted by Crippen LogP contribution is 2.14. The summed E-state index contributed by atoms with van der Waals surface area (Å²) < 4.78 is 5.31. The SMILES string of the molecule is CCCCCCCCCCCCCCCCCCNC(=O)NCCCCCCCCCCCC(=O)N1CCOCC1. The molecule has 41 heavy (non-hydrogen) atoms. The van der Waals surface area contributed by atoms with E-state index in [1.807, 2.05) is 4.90 Å². The number of nitrogens with zero attached hydrogens (tertiary/aromatic N) is 1. The number of hydrogen-bond donors (Lipinski definition) is 2. The van der Waals surface area contributed by atoms with Crippen LogP contribution in [0.2, 0.25) is 0 Å². The molecule has 1 rings (SSSR count). The van der Waals surface area contributed by atoms with Gasteiger partial charge in [0.05, 0.1) is 13.2 Å². The minimum absolute atomic E-state index is 0.00180. The van der Waals surface area contributed by atoms with E-state index in [1.54, 1.807) is 0 Å². The maximum Gasteiger partial charge on any atom is 0.314 e. The fourth-order valence-electron chi connectivity index (χ4n) is 5.75. The van der Waals surface area contributed by atoms with E-state index >= 15 is 0 Å². The van der Waals surface area contributed by atoms with Crippen LogP contribution in [0.25, 0.3) is 0 Å². The lowest BCUT2D eigenvalue weighted by molar-refractivity contribution is -0.135. The van der Waals surface area contributed by atoms with Gasteiger partial charge in [0.1, 0.15) is 0 Å². The molecule has 6 nitrogen and oxygen atoms in total. The number of rotatable bonds is 29. The number of urea groups is 1. The number of ether oxygens (including phenoxy) is 1. The third-order valence-corrected chi connectivity index (χ3v) is 8.53. The molecule has 3 amide bonds. The first-order valence-electron chi connectivity index (χ1n) is 18.1. The van der Waals surface area contributed by atoms with Crippen molar-refractivity contribution in [2.45, 2.75) is 174 Å². The summed E-state index contributed by atoms with van der Waals surface area (Å²) in [4.78, 5) is 26.0. The molecule has 0 atom stereocenters. The normalized spacial score (nSPS) is 13.4. The summed E-state index contributed by atoms with van der Waals surface area (Å²) in [5.74, 6) is 0.302. The van der Waals surface area contributed by atoms with Gasteiger partial charge in [0.25, 0.3) is 0 Å². The van der Waals surface area contributed by atoms with Crippen molar-refractivity contribution in [1.29, 1.82) is 0 Å². The summed E-state index contributed by atoms with van der Waals surface area (Å²) in [7, 11) is 0. The highest BCUT2D eigenvalue weighted by Gasteiger charge is 2.15. The molecule has 2 N–H and O–H groups in total. The molecule has 0 unspecified atom stereocenters. The van der Waals surface area contributed by atoms with Gasteiger partial charge < -0.3 is 20.3 Å². The van der Waals surface area contributed by atoms with Crippen molar-refractivity contribution in [2.75, 3.05) is 39.4 Å². The number of hydrogen-bond acceptors (Lipinski definition) is 3. The molecule has 1 aliphatic rings. The Balaban J connectivity index is 1.70. The predicted molar refractivity (Wildman–Crippen MR) is 175 cm³/mol. The second-order valence-corrected chi connectivity index (χ2v) is 12.4. The first kappa shape index (κ1) is 37.7. The van der Waals surface area contributed by atoms with Crippen LogP contribution in [0.3, 0.4) is 0 Å². The lowest BCUT2D eigenvalue weighted by atomic mass is 10.0. The minimum atomic E-state index is -0.00180. The van der Waals surface area contributed by atoms with Gasteiger partial charge in [-0.15, -0.1) is 0 Å². The van der Waals surface area contributed by atoms with Crippen molar-refractivity contribution in [3.63, 3.8) is 0 Å². The zero-order chi connectivity index (χ0) is 29.5. The number of carbonyl (C=O) groups is 2. The molecular weight excluding hydrogens is 510 g/mol. The van der Waals surface area contributed by atoms with E-state index in [-0.39, 0.29) is 6.03 Å². The van der Waals surface area contributed by atoms with Crippen LogP contribution in [0.4, 0.5) is 4.79 Å². The van der Waals surface area contributed by atoms with Gasteiger partial charge in [-0.1, -0.05) is 148 Å². The summed E-state index contributed by atoms with van der Waals surface area (Å²) in [5, 5.41) is 6.02. The molecule has 0 aromatic rings. The number of carbonyl (C=O) groups excluding carboxylic acids is 2. The van der Waals surface area contributed by atoms with Crippen LogP contribution in [-0.2, 0) is 9.53 Å². The number of morpholine rings is 1. The molecular formula is C35H69N3O3. The average molecular weight is 580 g/mol. The lowest BCUT2D eigenvalue weighted by Crippen LogP contribution is -2.40. The minimum Gasteiger partial charge on any atom is -0.378 e. The Morgan fingerprint density at radius 2 is 0.854 bits per heavy atom. The summed E-state index contributed by atoms with van der Waals surface area (Å²) in [6.07, 6.45) is 33.4. The Morgan fingerprint density at radius 1 is 0.512 bits per heavy atom. The van der Waals surface area contributed by atoms with Gasteiger partial charge in [0.15, 0.2) is 0 Å². The number of nitrogens with one attached hydrogen (secondary N) is 2. The lowest BCUT2D eigenvalue weighted by Gasteiger charge is -2.26. The third-order valence-electron chi connectivity index (χ3n) is 8.53. The standard InChI is InChI=1S/C35H69N3O3/c1-2-3-4-5-6-7-8-9-10-11-12-13-16-19-22-25-28-36-35(40)37-29-26-23-20-17-14-15-18-21-24-27-34(39)38-30-32-41-33-31-38/h2-33H2,1H3,(H2,36,37,40). The maximum atomic E-state index is 12.1. The summed E-state index contributed by atoms with van der Waals surface area (Å²) >= 11 is 0. The molecule has 0 saturated carbocycles. The highest BCUT2D eigenvalue weighted by atomic mass is 16.5. The summed E-state index contributed by atoms with van der Waals surface area (Å²) in [5.41, 5.74) is 0. The van der Waals surface area contributed by atoms with Crippen LogP contribution in [-0.4, -0.2) is 56.2 Å². The van der Waals surface area contributed by atoms with E-state index < -0.39 is 0 Å². The smallest absolute Gasteiger partial charge is 0.314 e. The molecule has 1 aliphatic heterocycles. The van der Waals surface area contributed by atoms with Crippen molar-refractivity contribution >= 4 is 11.9 Å².